The number of unbranched alkanes of at least 4 members (excludes halogenated alkanes) is 2. The lowest BCUT2D eigenvalue weighted by Crippen LogP contribution is -2.72. The monoisotopic (exact) mass is 450 g/mol. The molecule has 24 heavy (non-hydrogen) atoms. The molecule has 2 heterocycles. The molecule has 0 spiro atoms. The molecule has 0 saturated carbocycles. The number of nitrogens with zero attached hydrogens (tertiary/aromatic N) is 3. The first-order valence-electron chi connectivity index (χ1n) is 9.59. The van der Waals surface area contributed by atoms with Crippen molar-refractivity contribution in [2.75, 3.05) is 39.8 Å². The number of nitrogens with one attached hydrogen (secondary N) is 1. The molecule has 2 saturated heterocycles. The molecular weight excluding hydrogens is 411 g/mol. The van der Waals surface area contributed by atoms with E-state index in [1.807, 2.05) is 7.05 Å². The average Bonchev–Trinajstić information content (AvgIpc) is 2.53. The van der Waals surface area contributed by atoms with E-state index in [0.717, 1.165) is 19.0 Å². The van der Waals surface area contributed by atoms with Crippen LogP contribution in [0.15, 0.2) is 4.99 Å². The quantitative estimate of drug-likeness (QED) is 0.288. The zero-order chi connectivity index (χ0) is 16.9. The number of halogens is 1. The second kappa shape index (κ2) is 9.60. The summed E-state index contributed by atoms with van der Waals surface area (Å²) in [5.41, 5.74) is 0.544. The van der Waals surface area contributed by atoms with Gasteiger partial charge in [0.25, 0.3) is 0 Å². The van der Waals surface area contributed by atoms with Gasteiger partial charge >= 0.3 is 0 Å². The maximum atomic E-state index is 4.49. The molecule has 2 aliphatic heterocycles. The Kier molecular flexibility index (Phi) is 8.80. The van der Waals surface area contributed by atoms with E-state index in [0.29, 0.717) is 5.41 Å². The Morgan fingerprint density at radius 3 is 2.21 bits per heavy atom. The van der Waals surface area contributed by atoms with Gasteiger partial charge in [-0.3, -0.25) is 4.99 Å². The van der Waals surface area contributed by atoms with E-state index in [9.17, 15) is 0 Å². The van der Waals surface area contributed by atoms with E-state index in [1.54, 1.807) is 0 Å². The molecule has 2 fully saturated rings. The minimum Gasteiger partial charge on any atom is -0.356 e. The van der Waals surface area contributed by atoms with E-state index >= 15 is 0 Å². The number of guanidine groups is 1. The Bertz CT molecular complexity index is 400. The second-order valence-electron chi connectivity index (χ2n) is 8.47. The molecule has 5 heteroatoms. The number of hydrogen-bond acceptors (Lipinski definition) is 2. The standard InChI is InChI=1S/C19H38N4.HI/c1-18(2)16-23(19(18,3)4)17(20-5)21-12-8-6-9-13-22-14-10-7-11-15-22;/h6-16H2,1-5H3,(H,20,21);1H. The number of piperidine rings is 1. The molecule has 2 aliphatic rings. The van der Waals surface area contributed by atoms with E-state index in [1.165, 1.54) is 58.2 Å². The van der Waals surface area contributed by atoms with Crippen molar-refractivity contribution < 1.29 is 0 Å². The third-order valence-corrected chi connectivity index (χ3v) is 6.23. The van der Waals surface area contributed by atoms with Crippen molar-refractivity contribution in [2.24, 2.45) is 10.4 Å². The topological polar surface area (TPSA) is 30.9 Å². The first kappa shape index (κ1) is 22.0. The molecule has 0 aromatic heterocycles. The summed E-state index contributed by atoms with van der Waals surface area (Å²) in [6.45, 7) is 15.4. The van der Waals surface area contributed by atoms with E-state index in [4.69, 9.17) is 0 Å². The predicted octanol–water partition coefficient (Wildman–Crippen LogP) is 3.96. The molecule has 0 aromatic carbocycles. The van der Waals surface area contributed by atoms with Crippen LogP contribution in [-0.4, -0.2) is 61.1 Å². The van der Waals surface area contributed by atoms with Crippen molar-refractivity contribution in [2.45, 2.75) is 71.8 Å². The van der Waals surface area contributed by atoms with Gasteiger partial charge in [-0.2, -0.15) is 0 Å². The van der Waals surface area contributed by atoms with Gasteiger partial charge < -0.3 is 15.1 Å². The molecule has 142 valence electrons. The Morgan fingerprint density at radius 1 is 1.00 bits per heavy atom. The van der Waals surface area contributed by atoms with Crippen LogP contribution in [0.1, 0.15) is 66.2 Å². The van der Waals surface area contributed by atoms with Crippen molar-refractivity contribution in [1.82, 2.24) is 15.1 Å². The molecule has 0 unspecified atom stereocenters. The van der Waals surface area contributed by atoms with Crippen LogP contribution >= 0.6 is 24.0 Å². The van der Waals surface area contributed by atoms with Gasteiger partial charge in [-0.1, -0.05) is 26.7 Å². The van der Waals surface area contributed by atoms with Crippen molar-refractivity contribution in [3.05, 3.63) is 0 Å². The summed E-state index contributed by atoms with van der Waals surface area (Å²) in [5.74, 6) is 1.07. The molecule has 1 N–H and O–H groups in total. The van der Waals surface area contributed by atoms with Crippen LogP contribution in [0.2, 0.25) is 0 Å². The fourth-order valence-electron chi connectivity index (χ4n) is 3.72. The maximum absolute atomic E-state index is 4.49. The largest absolute Gasteiger partial charge is 0.356 e. The van der Waals surface area contributed by atoms with E-state index in [2.05, 4.69) is 47.8 Å². The molecule has 0 aromatic rings. The van der Waals surface area contributed by atoms with Crippen LogP contribution in [0.25, 0.3) is 0 Å². The van der Waals surface area contributed by atoms with Gasteiger partial charge in [0.05, 0.1) is 0 Å². The molecule has 0 radical (unpaired) electrons. The molecule has 4 nitrogen and oxygen atoms in total. The fourth-order valence-corrected chi connectivity index (χ4v) is 3.72. The van der Waals surface area contributed by atoms with Gasteiger partial charge in [-0.05, 0) is 59.2 Å². The van der Waals surface area contributed by atoms with Crippen molar-refractivity contribution in [3.63, 3.8) is 0 Å². The van der Waals surface area contributed by atoms with Crippen molar-refractivity contribution in [1.29, 1.82) is 0 Å². The van der Waals surface area contributed by atoms with Crippen LogP contribution in [0.5, 0.6) is 0 Å². The zero-order valence-electron chi connectivity index (χ0n) is 16.5. The molecule has 0 bridgehead atoms. The number of likely N-dealkylation sites (tertiary alicyclic amines) is 2. The predicted molar refractivity (Wildman–Crippen MR) is 115 cm³/mol. The maximum Gasteiger partial charge on any atom is 0.194 e. The molecular formula is C19H39IN4. The van der Waals surface area contributed by atoms with Gasteiger partial charge in [0.1, 0.15) is 0 Å². The first-order chi connectivity index (χ1) is 10.9. The Morgan fingerprint density at radius 2 is 1.67 bits per heavy atom. The third kappa shape index (κ3) is 5.23. The highest BCUT2D eigenvalue weighted by atomic mass is 127. The molecule has 0 aliphatic carbocycles. The molecule has 0 atom stereocenters. The highest BCUT2D eigenvalue weighted by Crippen LogP contribution is 2.46. The molecule has 0 amide bonds. The lowest BCUT2D eigenvalue weighted by molar-refractivity contribution is -0.0667. The summed E-state index contributed by atoms with van der Waals surface area (Å²) in [6.07, 6.45) is 8.13. The van der Waals surface area contributed by atoms with Gasteiger partial charge in [0, 0.05) is 31.1 Å². The smallest absolute Gasteiger partial charge is 0.194 e. The van der Waals surface area contributed by atoms with Crippen molar-refractivity contribution in [3.8, 4) is 0 Å². The van der Waals surface area contributed by atoms with Crippen LogP contribution < -0.4 is 5.32 Å². The summed E-state index contributed by atoms with van der Waals surface area (Å²) >= 11 is 0. The minimum absolute atomic E-state index is 0. The minimum atomic E-state index is 0. The number of hydrogen-bond donors (Lipinski definition) is 1. The summed E-state index contributed by atoms with van der Waals surface area (Å²) in [7, 11) is 1.90. The Balaban J connectivity index is 0.00000288. The summed E-state index contributed by atoms with van der Waals surface area (Å²) in [6, 6.07) is 0. The average molecular weight is 450 g/mol. The lowest BCUT2D eigenvalue weighted by atomic mass is 9.65. The molecule has 2 rings (SSSR count). The van der Waals surface area contributed by atoms with E-state index < -0.39 is 0 Å². The zero-order valence-corrected chi connectivity index (χ0v) is 18.9. The van der Waals surface area contributed by atoms with Crippen molar-refractivity contribution >= 4 is 29.9 Å². The van der Waals surface area contributed by atoms with Gasteiger partial charge in [-0.25, -0.2) is 0 Å². The normalized spacial score (nSPS) is 23.4. The first-order valence-corrected chi connectivity index (χ1v) is 9.59. The van der Waals surface area contributed by atoms with Gasteiger partial charge in [0.15, 0.2) is 5.96 Å². The van der Waals surface area contributed by atoms with E-state index in [-0.39, 0.29) is 29.5 Å². The summed E-state index contributed by atoms with van der Waals surface area (Å²) in [4.78, 5) is 9.54. The Hall–Kier alpha value is -0.0400. The van der Waals surface area contributed by atoms with Crippen LogP contribution in [0.3, 0.4) is 0 Å². The summed E-state index contributed by atoms with van der Waals surface area (Å²) in [5, 5.41) is 3.57. The SMILES string of the molecule is CN=C(NCCCCCN1CCCCC1)N1CC(C)(C)C1(C)C.I. The van der Waals surface area contributed by atoms with Crippen LogP contribution in [-0.2, 0) is 0 Å². The third-order valence-electron chi connectivity index (χ3n) is 6.23. The Labute approximate surface area is 166 Å². The number of rotatable bonds is 6. The number of aliphatic imine (C=N–C) groups is 1. The fraction of sp³-hybridized carbons (Fsp3) is 0.947. The highest BCUT2D eigenvalue weighted by Gasteiger charge is 2.53. The van der Waals surface area contributed by atoms with Gasteiger partial charge in [0.2, 0.25) is 0 Å². The summed E-state index contributed by atoms with van der Waals surface area (Å²) < 4.78 is 0. The highest BCUT2D eigenvalue weighted by molar-refractivity contribution is 14.0. The van der Waals surface area contributed by atoms with Gasteiger partial charge in [-0.15, -0.1) is 24.0 Å². The van der Waals surface area contributed by atoms with Crippen LogP contribution in [0, 0.1) is 5.41 Å². The lowest BCUT2D eigenvalue weighted by Gasteiger charge is -2.62. The second-order valence-corrected chi connectivity index (χ2v) is 8.47. The van der Waals surface area contributed by atoms with Crippen LogP contribution in [0.4, 0.5) is 0 Å².